The highest BCUT2D eigenvalue weighted by Gasteiger charge is 1.94. The summed E-state index contributed by atoms with van der Waals surface area (Å²) in [5.74, 6) is 0.274. The second kappa shape index (κ2) is 20.3. The van der Waals surface area contributed by atoms with Gasteiger partial charge in [0.2, 0.25) is 0 Å². The number of aromatic hydroxyl groups is 4. The van der Waals surface area contributed by atoms with E-state index in [1.165, 1.54) is 62.4 Å². The van der Waals surface area contributed by atoms with Crippen molar-refractivity contribution < 1.29 is 72.3 Å². The molecule has 20 heteroatoms. The Balaban J connectivity index is -0.000000185. The highest BCUT2D eigenvalue weighted by molar-refractivity contribution is 7.86. The zero-order chi connectivity index (χ0) is 31.4. The van der Waals surface area contributed by atoms with Crippen LogP contribution in [0, 0.1) is 0 Å². The third-order valence-electron chi connectivity index (χ3n) is 2.43. The molecule has 0 saturated carbocycles. The lowest BCUT2D eigenvalue weighted by molar-refractivity contribution is 0.460. The molecule has 0 aromatic heterocycles. The van der Waals surface area contributed by atoms with Crippen molar-refractivity contribution in [3.05, 3.63) is 48.5 Å². The molecule has 0 radical (unpaired) electrons. The lowest BCUT2D eigenvalue weighted by atomic mass is 10.3. The molecule has 0 bridgehead atoms. The van der Waals surface area contributed by atoms with Crippen LogP contribution in [0.2, 0.25) is 0 Å². The van der Waals surface area contributed by atoms with E-state index in [2.05, 4.69) is 0 Å². The van der Waals surface area contributed by atoms with Crippen molar-refractivity contribution in [3.8, 4) is 23.0 Å². The molecule has 2 rings (SSSR count). The predicted octanol–water partition coefficient (Wildman–Crippen LogP) is 0.992. The normalized spacial score (nSPS) is 10.5. The Morgan fingerprint density at radius 3 is 0.579 bits per heavy atom. The third kappa shape index (κ3) is 64.0. The number of benzene rings is 2. The number of phenolic OH excluding ortho intramolecular Hbond substituents is 4. The summed E-state index contributed by atoms with van der Waals surface area (Å²) >= 11 is 0. The van der Waals surface area contributed by atoms with Crippen molar-refractivity contribution in [2.75, 3.05) is 24.0 Å². The fourth-order valence-electron chi connectivity index (χ4n) is 0.905. The number of phenols is 4. The highest BCUT2D eigenvalue weighted by Crippen LogP contribution is 2.13. The Labute approximate surface area is 221 Å². The Morgan fingerprint density at radius 2 is 0.526 bits per heavy atom. The van der Waals surface area contributed by atoms with Crippen molar-refractivity contribution >= 4 is 40.5 Å². The van der Waals surface area contributed by atoms with Gasteiger partial charge in [-0.25, -0.2) is 0 Å². The summed E-state index contributed by atoms with van der Waals surface area (Å²) in [5, 5.41) is 34.6. The van der Waals surface area contributed by atoms with Crippen molar-refractivity contribution in [2.24, 2.45) is 0 Å². The average Bonchev–Trinajstić information content (AvgIpc) is 2.70. The summed E-state index contributed by atoms with van der Waals surface area (Å²) in [7, 11) is -14.7. The fourth-order valence-corrected chi connectivity index (χ4v) is 0.905. The molecule has 0 fully saturated rings. The van der Waals surface area contributed by atoms with Crippen LogP contribution in [0.4, 0.5) is 0 Å². The first kappa shape index (κ1) is 42.4. The van der Waals surface area contributed by atoms with E-state index in [1.54, 1.807) is 0 Å². The maximum absolute atomic E-state index is 9.56. The monoisotopic (exact) mass is 632 g/mol. The molecule has 0 aliphatic carbocycles. The van der Waals surface area contributed by atoms with Gasteiger partial charge in [0.1, 0.15) is 23.0 Å². The summed E-state index contributed by atoms with van der Waals surface area (Å²) in [6.45, 7) is 2.74. The minimum Gasteiger partial charge on any atom is -0.508 e. The molecule has 0 aliphatic rings. The van der Waals surface area contributed by atoms with E-state index < -0.39 is 40.5 Å². The summed E-state index contributed by atoms with van der Waals surface area (Å²) in [6, 6.07) is 11.4. The van der Waals surface area contributed by atoms with Gasteiger partial charge in [0.05, 0.1) is 24.0 Å². The molecule has 2 aromatic rings. The van der Waals surface area contributed by atoms with E-state index in [0.29, 0.717) is 12.5 Å². The molecular weight excluding hydrogens is 600 g/mol. The molecule has 16 nitrogen and oxygen atoms in total. The van der Waals surface area contributed by atoms with E-state index in [-0.39, 0.29) is 34.5 Å². The van der Waals surface area contributed by atoms with Crippen molar-refractivity contribution in [2.45, 2.75) is 13.8 Å². The van der Waals surface area contributed by atoms with Gasteiger partial charge in [-0.3, -0.25) is 18.2 Å². The fraction of sp³-hybridized carbons (Fsp3) is 0.333. The maximum Gasteiger partial charge on any atom is 0.264 e. The minimum atomic E-state index is -3.67. The minimum absolute atomic E-state index is 0.169. The second-order valence-electron chi connectivity index (χ2n) is 6.24. The van der Waals surface area contributed by atoms with Gasteiger partial charge in [-0.1, -0.05) is 0 Å². The van der Waals surface area contributed by atoms with Crippen LogP contribution in [0.1, 0.15) is 13.8 Å². The van der Waals surface area contributed by atoms with Crippen LogP contribution in [0.3, 0.4) is 0 Å². The van der Waals surface area contributed by atoms with Gasteiger partial charge in [-0.2, -0.15) is 33.7 Å². The van der Waals surface area contributed by atoms with Crippen LogP contribution in [0.15, 0.2) is 48.5 Å². The first-order valence-electron chi connectivity index (χ1n) is 9.41. The molecule has 2 aromatic carbocycles. The van der Waals surface area contributed by atoms with Gasteiger partial charge in [0, 0.05) is 0 Å². The van der Waals surface area contributed by atoms with Crippen LogP contribution >= 0.6 is 0 Å². The van der Waals surface area contributed by atoms with Gasteiger partial charge in [0.25, 0.3) is 40.5 Å². The Kier molecular flexibility index (Phi) is 22.6. The number of rotatable bonds is 2. The molecule has 0 saturated heterocycles. The zero-order valence-corrected chi connectivity index (χ0v) is 23.8. The van der Waals surface area contributed by atoms with Gasteiger partial charge in [0.15, 0.2) is 0 Å². The molecule has 0 atom stereocenters. The zero-order valence-electron chi connectivity index (χ0n) is 20.5. The van der Waals surface area contributed by atoms with E-state index in [9.17, 15) is 33.7 Å². The molecule has 0 unspecified atom stereocenters. The van der Waals surface area contributed by atoms with Gasteiger partial charge >= 0.3 is 0 Å². The second-order valence-corrected chi connectivity index (χ2v) is 12.7. The van der Waals surface area contributed by atoms with Crippen LogP contribution < -0.4 is 0 Å². The third-order valence-corrected chi connectivity index (χ3v) is 3.89. The molecule has 0 aliphatic heterocycles. The Hall–Kier alpha value is -2.72. The number of hydrogen-bond acceptors (Lipinski definition) is 12. The summed E-state index contributed by atoms with van der Waals surface area (Å²) in [5.41, 5.74) is 0. The average molecular weight is 633 g/mol. The smallest absolute Gasteiger partial charge is 0.264 e. The molecule has 0 heterocycles. The summed E-state index contributed by atoms with van der Waals surface area (Å²) in [4.78, 5) is 0. The molecule has 0 spiro atoms. The lowest BCUT2D eigenvalue weighted by Crippen LogP contribution is -1.97. The standard InChI is InChI=1S/2C6H6O2.2C2H6O3S.2CH4O3S/c2*7-5-1-2-6(8)4-3-5;2*1-2-6(3,4)5;2*1-5(2,3)4/h2*1-4,7-8H;2*2H2,1H3,(H,3,4,5);2*1H3,(H,2,3,4). The maximum atomic E-state index is 9.56. The van der Waals surface area contributed by atoms with E-state index in [0.717, 1.165) is 0 Å². The molecular formula is C18H32O16S4. The van der Waals surface area contributed by atoms with Crippen molar-refractivity contribution in [1.29, 1.82) is 0 Å². The topological polar surface area (TPSA) is 298 Å². The Bertz CT molecular complexity index is 1140. The SMILES string of the molecule is CCS(=O)(=O)O.CCS(=O)(=O)O.CS(=O)(=O)O.CS(=O)(=O)O.Oc1ccc(O)cc1.Oc1ccc(O)cc1. The van der Waals surface area contributed by atoms with E-state index in [1.807, 2.05) is 0 Å². The van der Waals surface area contributed by atoms with Crippen molar-refractivity contribution in [3.63, 3.8) is 0 Å². The predicted molar refractivity (Wildman–Crippen MR) is 139 cm³/mol. The summed E-state index contributed by atoms with van der Waals surface area (Å²) < 4.78 is 106. The van der Waals surface area contributed by atoms with Crippen LogP contribution in [0.5, 0.6) is 23.0 Å². The van der Waals surface area contributed by atoms with E-state index >= 15 is 0 Å². The molecule has 224 valence electrons. The van der Waals surface area contributed by atoms with Crippen molar-refractivity contribution in [1.82, 2.24) is 0 Å². The summed E-state index contributed by atoms with van der Waals surface area (Å²) in [6.07, 6.45) is 1.43. The quantitative estimate of drug-likeness (QED) is 0.169. The van der Waals surface area contributed by atoms with E-state index in [4.69, 9.17) is 38.6 Å². The van der Waals surface area contributed by atoms with Crippen LogP contribution in [-0.2, 0) is 40.5 Å². The Morgan fingerprint density at radius 1 is 0.447 bits per heavy atom. The lowest BCUT2D eigenvalue weighted by Gasteiger charge is -1.88. The molecule has 0 amide bonds. The van der Waals surface area contributed by atoms with Crippen LogP contribution in [-0.4, -0.2) is 96.3 Å². The molecule has 8 N–H and O–H groups in total. The highest BCUT2D eigenvalue weighted by atomic mass is 32.2. The first-order chi connectivity index (χ1) is 16.7. The van der Waals surface area contributed by atoms with Gasteiger partial charge in [-0.15, -0.1) is 0 Å². The van der Waals surface area contributed by atoms with Gasteiger partial charge in [-0.05, 0) is 62.4 Å². The largest absolute Gasteiger partial charge is 0.508 e. The van der Waals surface area contributed by atoms with Gasteiger partial charge < -0.3 is 20.4 Å². The first-order valence-corrected chi connectivity index (χ1v) is 16.3. The molecule has 38 heavy (non-hydrogen) atoms. The van der Waals surface area contributed by atoms with Crippen LogP contribution in [0.25, 0.3) is 0 Å². The number of hydrogen-bond donors (Lipinski definition) is 8.